The van der Waals surface area contributed by atoms with Crippen LogP contribution in [0.2, 0.25) is 0 Å². The minimum absolute atomic E-state index is 0.704. The van der Waals surface area contributed by atoms with Crippen molar-refractivity contribution in [3.8, 4) is 5.75 Å². The molecule has 0 aliphatic heterocycles. The number of benzene rings is 1. The molecular weight excluding hydrogens is 319 g/mol. The predicted octanol–water partition coefficient (Wildman–Crippen LogP) is 3.46. The van der Waals surface area contributed by atoms with Gasteiger partial charge in [-0.1, -0.05) is 18.2 Å². The zero-order valence-corrected chi connectivity index (χ0v) is 10.4. The number of hydrogen-bond acceptors (Lipinski definition) is 3. The largest absolute Gasteiger partial charge is 0.434 e. The molecule has 1 unspecified atom stereocenters. The van der Waals surface area contributed by atoms with Gasteiger partial charge in [-0.2, -0.15) is 22.0 Å². The fourth-order valence-electron chi connectivity index (χ4n) is 1.39. The van der Waals surface area contributed by atoms with E-state index in [0.717, 1.165) is 18.2 Å². The number of rotatable bonds is 4. The number of alkyl halides is 5. The second-order valence-electron chi connectivity index (χ2n) is 3.31. The standard InChI is InChI=1S/C9H6ClF5O3S/c10-19(16,17)7(9(13,14)15)5-3-1-2-4-6(5)18-8(11)12/h1-4,7-8H. The molecule has 0 heterocycles. The van der Waals surface area contributed by atoms with E-state index >= 15 is 0 Å². The van der Waals surface area contributed by atoms with Crippen molar-refractivity contribution in [2.45, 2.75) is 18.0 Å². The van der Waals surface area contributed by atoms with E-state index in [0.29, 0.717) is 6.07 Å². The average molecular weight is 325 g/mol. The summed E-state index contributed by atoms with van der Waals surface area (Å²) in [5.74, 6) is -0.899. The van der Waals surface area contributed by atoms with E-state index in [1.54, 1.807) is 0 Å². The molecule has 1 atom stereocenters. The van der Waals surface area contributed by atoms with Gasteiger partial charge in [0.15, 0.2) is 5.25 Å². The van der Waals surface area contributed by atoms with Gasteiger partial charge in [0.1, 0.15) is 5.75 Å². The lowest BCUT2D eigenvalue weighted by molar-refractivity contribution is -0.132. The molecule has 0 bridgehead atoms. The van der Waals surface area contributed by atoms with Crippen LogP contribution in [-0.4, -0.2) is 21.2 Å². The lowest BCUT2D eigenvalue weighted by Gasteiger charge is -2.20. The van der Waals surface area contributed by atoms with E-state index in [1.165, 1.54) is 0 Å². The third-order valence-electron chi connectivity index (χ3n) is 2.00. The molecule has 0 radical (unpaired) electrons. The van der Waals surface area contributed by atoms with Crippen molar-refractivity contribution >= 4 is 19.7 Å². The summed E-state index contributed by atoms with van der Waals surface area (Å²) in [6, 6.07) is 3.67. The Bertz CT molecular complexity index is 543. The van der Waals surface area contributed by atoms with Crippen molar-refractivity contribution in [2.75, 3.05) is 0 Å². The van der Waals surface area contributed by atoms with Crippen LogP contribution in [0.25, 0.3) is 0 Å². The van der Waals surface area contributed by atoms with E-state index < -0.39 is 38.4 Å². The molecule has 108 valence electrons. The summed E-state index contributed by atoms with van der Waals surface area (Å²) in [6.07, 6.45) is -5.26. The third-order valence-corrected chi connectivity index (χ3v) is 3.62. The van der Waals surface area contributed by atoms with Crippen molar-refractivity contribution in [1.29, 1.82) is 0 Å². The Labute approximate surface area is 109 Å². The van der Waals surface area contributed by atoms with E-state index in [1.807, 2.05) is 0 Å². The fourth-order valence-corrected chi connectivity index (χ4v) is 2.80. The Morgan fingerprint density at radius 1 is 1.16 bits per heavy atom. The first-order chi connectivity index (χ1) is 8.53. The molecule has 0 amide bonds. The highest BCUT2D eigenvalue weighted by Crippen LogP contribution is 2.44. The smallest absolute Gasteiger partial charge is 0.410 e. The van der Waals surface area contributed by atoms with Crippen molar-refractivity contribution in [1.82, 2.24) is 0 Å². The summed E-state index contributed by atoms with van der Waals surface area (Å²) in [5, 5.41) is -3.14. The monoisotopic (exact) mass is 324 g/mol. The minimum Gasteiger partial charge on any atom is -0.434 e. The Morgan fingerprint density at radius 2 is 1.68 bits per heavy atom. The van der Waals surface area contributed by atoms with Gasteiger partial charge in [-0.05, 0) is 6.07 Å². The molecule has 0 N–H and O–H groups in total. The molecule has 0 fully saturated rings. The van der Waals surface area contributed by atoms with Crippen LogP contribution >= 0.6 is 10.7 Å². The van der Waals surface area contributed by atoms with Crippen LogP contribution in [0.5, 0.6) is 5.75 Å². The number of para-hydroxylation sites is 1. The van der Waals surface area contributed by atoms with Gasteiger partial charge in [0.25, 0.3) is 0 Å². The molecule has 3 nitrogen and oxygen atoms in total. The number of hydrogen-bond donors (Lipinski definition) is 0. The van der Waals surface area contributed by atoms with Crippen LogP contribution in [0.15, 0.2) is 24.3 Å². The lowest BCUT2D eigenvalue weighted by Crippen LogP contribution is -2.26. The molecule has 1 rings (SSSR count). The van der Waals surface area contributed by atoms with Gasteiger partial charge in [0, 0.05) is 16.2 Å². The highest BCUT2D eigenvalue weighted by Gasteiger charge is 2.50. The van der Waals surface area contributed by atoms with Crippen LogP contribution < -0.4 is 4.74 Å². The average Bonchev–Trinajstić information content (AvgIpc) is 2.15. The third kappa shape index (κ3) is 4.20. The molecule has 0 aliphatic rings. The highest BCUT2D eigenvalue weighted by molar-refractivity contribution is 8.14. The predicted molar refractivity (Wildman–Crippen MR) is 56.6 cm³/mol. The molecule has 10 heteroatoms. The first-order valence-electron chi connectivity index (χ1n) is 4.57. The van der Waals surface area contributed by atoms with Crippen molar-refractivity contribution < 1.29 is 35.1 Å². The van der Waals surface area contributed by atoms with Crippen LogP contribution in [-0.2, 0) is 9.05 Å². The maximum atomic E-state index is 12.7. The van der Waals surface area contributed by atoms with Gasteiger partial charge in [0.05, 0.1) is 0 Å². The molecule has 1 aromatic rings. The SMILES string of the molecule is O=S(=O)(Cl)C(c1ccccc1OC(F)F)C(F)(F)F. The van der Waals surface area contributed by atoms with Gasteiger partial charge in [-0.3, -0.25) is 0 Å². The summed E-state index contributed by atoms with van der Waals surface area (Å²) >= 11 is 0. The lowest BCUT2D eigenvalue weighted by atomic mass is 10.1. The topological polar surface area (TPSA) is 43.4 Å². The molecule has 1 aromatic carbocycles. The van der Waals surface area contributed by atoms with Crippen LogP contribution in [0.1, 0.15) is 10.8 Å². The van der Waals surface area contributed by atoms with E-state index in [2.05, 4.69) is 4.74 Å². The molecule has 0 spiro atoms. The van der Waals surface area contributed by atoms with Gasteiger partial charge < -0.3 is 4.74 Å². The number of ether oxygens (including phenoxy) is 1. The Morgan fingerprint density at radius 3 is 2.11 bits per heavy atom. The molecule has 0 aliphatic carbocycles. The fraction of sp³-hybridized carbons (Fsp3) is 0.333. The van der Waals surface area contributed by atoms with Crippen molar-refractivity contribution in [3.05, 3.63) is 29.8 Å². The van der Waals surface area contributed by atoms with E-state index in [4.69, 9.17) is 10.7 Å². The minimum atomic E-state index is -5.26. The molecule has 0 aromatic heterocycles. The van der Waals surface area contributed by atoms with Crippen molar-refractivity contribution in [3.63, 3.8) is 0 Å². The first kappa shape index (κ1) is 16.0. The molecule has 0 saturated carbocycles. The van der Waals surface area contributed by atoms with Crippen LogP contribution in [0, 0.1) is 0 Å². The Hall–Kier alpha value is -1.09. The number of halogens is 6. The van der Waals surface area contributed by atoms with E-state index in [9.17, 15) is 30.4 Å². The van der Waals surface area contributed by atoms with E-state index in [-0.39, 0.29) is 0 Å². The second kappa shape index (κ2) is 5.49. The van der Waals surface area contributed by atoms with Crippen LogP contribution in [0.4, 0.5) is 22.0 Å². The quantitative estimate of drug-likeness (QED) is 0.629. The highest BCUT2D eigenvalue weighted by atomic mass is 35.7. The maximum absolute atomic E-state index is 12.7. The summed E-state index contributed by atoms with van der Waals surface area (Å²) in [4.78, 5) is 0. The van der Waals surface area contributed by atoms with Gasteiger partial charge in [-0.15, -0.1) is 0 Å². The van der Waals surface area contributed by atoms with Gasteiger partial charge >= 0.3 is 12.8 Å². The van der Waals surface area contributed by atoms with Gasteiger partial charge in [-0.25, -0.2) is 8.42 Å². The Balaban J connectivity index is 3.40. The summed E-state index contributed by atoms with van der Waals surface area (Å²) in [7, 11) is -0.376. The molecule has 19 heavy (non-hydrogen) atoms. The zero-order valence-electron chi connectivity index (χ0n) is 8.86. The maximum Gasteiger partial charge on any atom is 0.410 e. The zero-order chi connectivity index (χ0) is 14.8. The summed E-state index contributed by atoms with van der Waals surface area (Å²) in [5.41, 5.74) is -0.995. The molecular formula is C9H6ClF5O3S. The van der Waals surface area contributed by atoms with Crippen molar-refractivity contribution in [2.24, 2.45) is 0 Å². The normalized spacial score (nSPS) is 14.5. The summed E-state index contributed by atoms with van der Waals surface area (Å²) < 4.78 is 88.2. The Kier molecular flexibility index (Phi) is 4.62. The first-order valence-corrected chi connectivity index (χ1v) is 6.94. The summed E-state index contributed by atoms with van der Waals surface area (Å²) in [6.45, 7) is -3.40. The second-order valence-corrected chi connectivity index (χ2v) is 6.03. The van der Waals surface area contributed by atoms with Gasteiger partial charge in [0.2, 0.25) is 9.05 Å². The van der Waals surface area contributed by atoms with Crippen LogP contribution in [0.3, 0.4) is 0 Å². The molecule has 0 saturated heterocycles.